The van der Waals surface area contributed by atoms with Gasteiger partial charge in [0.15, 0.2) is 5.96 Å². The molecule has 0 bridgehead atoms. The lowest BCUT2D eigenvalue weighted by Crippen LogP contribution is -2.45. The second kappa shape index (κ2) is 9.97. The Labute approximate surface area is 156 Å². The molecule has 1 heterocycles. The van der Waals surface area contributed by atoms with Crippen LogP contribution in [0.2, 0.25) is 0 Å². The summed E-state index contributed by atoms with van der Waals surface area (Å²) in [5, 5.41) is 6.66. The van der Waals surface area contributed by atoms with Crippen LogP contribution < -0.4 is 10.6 Å². The molecule has 2 N–H and O–H groups in total. The molecule has 0 spiro atoms. The summed E-state index contributed by atoms with van der Waals surface area (Å²) in [5.74, 6) is 1.41. The molecule has 0 radical (unpaired) electrons. The number of aliphatic imine (C=N–C) groups is 1. The third-order valence-electron chi connectivity index (χ3n) is 4.51. The predicted molar refractivity (Wildman–Crippen MR) is 107 cm³/mol. The van der Waals surface area contributed by atoms with Crippen LogP contribution in [0.5, 0.6) is 0 Å². The topological polar surface area (TPSA) is 65.7 Å². The fourth-order valence-electron chi connectivity index (χ4n) is 2.83. The number of rotatable bonds is 8. The van der Waals surface area contributed by atoms with Crippen LogP contribution in [0.4, 0.5) is 0 Å². The smallest absolute Gasteiger partial charge is 0.226 e. The summed E-state index contributed by atoms with van der Waals surface area (Å²) < 4.78 is 5.60. The minimum atomic E-state index is 0.448. The molecule has 2 rings (SSSR count). The van der Waals surface area contributed by atoms with Gasteiger partial charge in [0, 0.05) is 25.2 Å². The van der Waals surface area contributed by atoms with E-state index in [-0.39, 0.29) is 0 Å². The van der Waals surface area contributed by atoms with Gasteiger partial charge in [-0.1, -0.05) is 31.5 Å². The van der Waals surface area contributed by atoms with E-state index in [9.17, 15) is 0 Å². The number of nitrogens with one attached hydrogen (secondary N) is 2. The largest absolute Gasteiger partial charge is 0.444 e. The number of hydrogen-bond donors (Lipinski definition) is 2. The van der Waals surface area contributed by atoms with Crippen LogP contribution in [0, 0.1) is 6.92 Å². The van der Waals surface area contributed by atoms with E-state index < -0.39 is 0 Å². The molecule has 0 saturated carbocycles. The maximum atomic E-state index is 5.60. The fourth-order valence-corrected chi connectivity index (χ4v) is 2.83. The normalized spacial score (nSPS) is 13.1. The van der Waals surface area contributed by atoms with Crippen LogP contribution in [-0.2, 0) is 6.54 Å². The Morgan fingerprint density at radius 2 is 1.88 bits per heavy atom. The van der Waals surface area contributed by atoms with E-state index in [1.165, 1.54) is 5.56 Å². The zero-order valence-electron chi connectivity index (χ0n) is 16.5. The van der Waals surface area contributed by atoms with Crippen molar-refractivity contribution >= 4 is 5.96 Å². The summed E-state index contributed by atoms with van der Waals surface area (Å²) >= 11 is 0. The van der Waals surface area contributed by atoms with E-state index in [2.05, 4.69) is 65.3 Å². The minimum Gasteiger partial charge on any atom is -0.444 e. The molecule has 1 aromatic heterocycles. The SMILES string of the molecule is CCN(CC)C(C)CNC(=NC)NCc1coc(-c2ccc(C)cc2)n1. The van der Waals surface area contributed by atoms with Crippen molar-refractivity contribution in [3.05, 3.63) is 41.8 Å². The van der Waals surface area contributed by atoms with Crippen LogP contribution in [0.25, 0.3) is 11.5 Å². The van der Waals surface area contributed by atoms with Crippen LogP contribution in [-0.4, -0.2) is 48.6 Å². The Kier molecular flexibility index (Phi) is 7.66. The summed E-state index contributed by atoms with van der Waals surface area (Å²) in [6.07, 6.45) is 1.69. The molecule has 1 aromatic carbocycles. The van der Waals surface area contributed by atoms with Crippen LogP contribution >= 0.6 is 0 Å². The third kappa shape index (κ3) is 5.59. The quantitative estimate of drug-likeness (QED) is 0.561. The molecule has 2 aromatic rings. The Morgan fingerprint density at radius 3 is 2.50 bits per heavy atom. The lowest BCUT2D eigenvalue weighted by molar-refractivity contribution is 0.231. The van der Waals surface area contributed by atoms with Gasteiger partial charge in [0.2, 0.25) is 5.89 Å². The Bertz CT molecular complexity index is 688. The number of aryl methyl sites for hydroxylation is 1. The second-order valence-corrected chi connectivity index (χ2v) is 6.39. The van der Waals surface area contributed by atoms with Crippen LogP contribution in [0.3, 0.4) is 0 Å². The zero-order valence-corrected chi connectivity index (χ0v) is 16.5. The molecule has 0 saturated heterocycles. The predicted octanol–water partition coefficient (Wildman–Crippen LogP) is 3.05. The standard InChI is InChI=1S/C20H31N5O/c1-6-25(7-2)16(4)12-22-20(21-5)23-13-18-14-26-19(24-18)17-10-8-15(3)9-11-17/h8-11,14,16H,6-7,12-13H2,1-5H3,(H2,21,22,23). The lowest BCUT2D eigenvalue weighted by atomic mass is 10.1. The molecule has 6 nitrogen and oxygen atoms in total. The van der Waals surface area contributed by atoms with Crippen molar-refractivity contribution < 1.29 is 4.42 Å². The first kappa shape index (κ1) is 20.0. The highest BCUT2D eigenvalue weighted by Crippen LogP contribution is 2.18. The average molecular weight is 358 g/mol. The lowest BCUT2D eigenvalue weighted by Gasteiger charge is -2.27. The molecule has 0 aliphatic rings. The molecule has 142 valence electrons. The number of aromatic nitrogens is 1. The monoisotopic (exact) mass is 357 g/mol. The molecule has 1 atom stereocenters. The Hall–Kier alpha value is -2.34. The van der Waals surface area contributed by atoms with Gasteiger partial charge in [0.1, 0.15) is 6.26 Å². The third-order valence-corrected chi connectivity index (χ3v) is 4.51. The maximum Gasteiger partial charge on any atom is 0.226 e. The molecule has 0 aliphatic carbocycles. The molecule has 6 heteroatoms. The summed E-state index contributed by atoms with van der Waals surface area (Å²) in [6, 6.07) is 8.60. The Balaban J connectivity index is 1.86. The van der Waals surface area contributed by atoms with Gasteiger partial charge in [-0.15, -0.1) is 0 Å². The number of likely N-dealkylation sites (N-methyl/N-ethyl adjacent to an activating group) is 1. The molecular formula is C20H31N5O. The highest BCUT2D eigenvalue weighted by Gasteiger charge is 2.11. The maximum absolute atomic E-state index is 5.60. The summed E-state index contributed by atoms with van der Waals surface area (Å²) in [5.41, 5.74) is 3.05. The van der Waals surface area contributed by atoms with Crippen LogP contribution in [0.15, 0.2) is 39.9 Å². The van der Waals surface area contributed by atoms with Crippen molar-refractivity contribution in [3.63, 3.8) is 0 Å². The van der Waals surface area contributed by atoms with Gasteiger partial charge in [-0.2, -0.15) is 0 Å². The van der Waals surface area contributed by atoms with Gasteiger partial charge in [0.05, 0.1) is 12.2 Å². The zero-order chi connectivity index (χ0) is 18.9. The highest BCUT2D eigenvalue weighted by molar-refractivity contribution is 5.79. The fraction of sp³-hybridized carbons (Fsp3) is 0.500. The highest BCUT2D eigenvalue weighted by atomic mass is 16.3. The van der Waals surface area contributed by atoms with Crippen molar-refractivity contribution in [1.82, 2.24) is 20.5 Å². The first-order valence-electron chi connectivity index (χ1n) is 9.27. The summed E-state index contributed by atoms with van der Waals surface area (Å²) in [7, 11) is 1.78. The first-order chi connectivity index (χ1) is 12.6. The number of nitrogens with zero attached hydrogens (tertiary/aromatic N) is 3. The second-order valence-electron chi connectivity index (χ2n) is 6.39. The van der Waals surface area contributed by atoms with Crippen molar-refractivity contribution in [2.24, 2.45) is 4.99 Å². The van der Waals surface area contributed by atoms with Crippen LogP contribution in [0.1, 0.15) is 32.0 Å². The van der Waals surface area contributed by atoms with Crippen molar-refractivity contribution in [3.8, 4) is 11.5 Å². The van der Waals surface area contributed by atoms with Gasteiger partial charge in [-0.25, -0.2) is 4.98 Å². The van der Waals surface area contributed by atoms with E-state index in [1.807, 2.05) is 12.1 Å². The van der Waals surface area contributed by atoms with Gasteiger partial charge in [-0.05, 0) is 39.1 Å². The van der Waals surface area contributed by atoms with E-state index >= 15 is 0 Å². The minimum absolute atomic E-state index is 0.448. The molecule has 0 aliphatic heterocycles. The molecular weight excluding hydrogens is 326 g/mol. The first-order valence-corrected chi connectivity index (χ1v) is 9.27. The van der Waals surface area contributed by atoms with Gasteiger partial charge < -0.3 is 15.1 Å². The molecule has 1 unspecified atom stereocenters. The molecule has 0 amide bonds. The van der Waals surface area contributed by atoms with Crippen molar-refractivity contribution in [2.45, 2.75) is 40.3 Å². The summed E-state index contributed by atoms with van der Waals surface area (Å²) in [4.78, 5) is 11.2. The average Bonchev–Trinajstić information content (AvgIpc) is 3.12. The summed E-state index contributed by atoms with van der Waals surface area (Å²) in [6.45, 7) is 12.2. The van der Waals surface area contributed by atoms with E-state index in [0.717, 1.165) is 36.9 Å². The number of oxazole rings is 1. The number of hydrogen-bond acceptors (Lipinski definition) is 4. The van der Waals surface area contributed by atoms with E-state index in [0.29, 0.717) is 18.5 Å². The van der Waals surface area contributed by atoms with Gasteiger partial charge in [-0.3, -0.25) is 9.89 Å². The molecule has 26 heavy (non-hydrogen) atoms. The van der Waals surface area contributed by atoms with Gasteiger partial charge in [0.25, 0.3) is 0 Å². The van der Waals surface area contributed by atoms with E-state index in [1.54, 1.807) is 13.3 Å². The van der Waals surface area contributed by atoms with Gasteiger partial charge >= 0.3 is 0 Å². The number of guanidine groups is 1. The Morgan fingerprint density at radius 1 is 1.19 bits per heavy atom. The number of benzene rings is 1. The molecule has 0 fully saturated rings. The van der Waals surface area contributed by atoms with E-state index in [4.69, 9.17) is 4.42 Å². The van der Waals surface area contributed by atoms with Crippen molar-refractivity contribution in [1.29, 1.82) is 0 Å². The van der Waals surface area contributed by atoms with Crippen molar-refractivity contribution in [2.75, 3.05) is 26.7 Å².